The number of ether oxygens (including phenoxy) is 2. The van der Waals surface area contributed by atoms with Gasteiger partial charge in [0.05, 0.1) is 6.54 Å². The van der Waals surface area contributed by atoms with Crippen LogP contribution in [0, 0.1) is 5.92 Å². The molecule has 1 aromatic rings. The molecule has 0 saturated heterocycles. The first kappa shape index (κ1) is 12.3. The Balaban J connectivity index is 1.50. The van der Waals surface area contributed by atoms with Crippen molar-refractivity contribution in [1.29, 1.82) is 0 Å². The van der Waals surface area contributed by atoms with E-state index in [4.69, 9.17) is 9.47 Å². The molecule has 0 aromatic heterocycles. The van der Waals surface area contributed by atoms with Crippen molar-refractivity contribution in [2.75, 3.05) is 13.2 Å². The lowest BCUT2D eigenvalue weighted by Gasteiger charge is -2.26. The van der Waals surface area contributed by atoms with Gasteiger partial charge in [-0.3, -0.25) is 4.79 Å². The number of amides is 1. The molecule has 4 nitrogen and oxygen atoms in total. The largest absolute Gasteiger partial charge is 0.486 e. The smallest absolute Gasteiger partial charge is 0.223 e. The van der Waals surface area contributed by atoms with Gasteiger partial charge in [0.2, 0.25) is 5.91 Å². The van der Waals surface area contributed by atoms with E-state index in [1.807, 2.05) is 24.3 Å². The van der Waals surface area contributed by atoms with Gasteiger partial charge >= 0.3 is 0 Å². The highest BCUT2D eigenvalue weighted by atomic mass is 16.6. The molecule has 1 aliphatic heterocycles. The maximum Gasteiger partial charge on any atom is 0.223 e. The van der Waals surface area contributed by atoms with Gasteiger partial charge in [-0.05, 0) is 25.0 Å². The maximum atomic E-state index is 11.9. The zero-order valence-electron chi connectivity index (χ0n) is 10.9. The van der Waals surface area contributed by atoms with E-state index >= 15 is 0 Å². The number of benzene rings is 1. The Hall–Kier alpha value is -1.71. The highest BCUT2D eigenvalue weighted by Gasteiger charge is 2.25. The molecule has 1 aromatic carbocycles. The standard InChI is InChI=1S/C15H19NO3/c17-15(11-5-1-2-6-11)16-9-12-10-18-13-7-3-4-8-14(13)19-12/h3-4,7-8,11-12H,1-2,5-6,9-10H2,(H,16,17). The van der Waals surface area contributed by atoms with Crippen LogP contribution in [-0.2, 0) is 4.79 Å². The first-order valence-electron chi connectivity index (χ1n) is 6.99. The fourth-order valence-corrected chi connectivity index (χ4v) is 2.71. The van der Waals surface area contributed by atoms with Crippen molar-refractivity contribution < 1.29 is 14.3 Å². The Morgan fingerprint density at radius 1 is 1.21 bits per heavy atom. The van der Waals surface area contributed by atoms with E-state index in [0.29, 0.717) is 13.2 Å². The summed E-state index contributed by atoms with van der Waals surface area (Å²) in [6.07, 6.45) is 4.30. The average Bonchev–Trinajstić information content (AvgIpc) is 2.99. The zero-order valence-corrected chi connectivity index (χ0v) is 10.9. The normalized spacial score (nSPS) is 22.2. The minimum absolute atomic E-state index is 0.0970. The summed E-state index contributed by atoms with van der Waals surface area (Å²) < 4.78 is 11.4. The van der Waals surface area contributed by atoms with E-state index in [1.54, 1.807) is 0 Å². The van der Waals surface area contributed by atoms with Gasteiger partial charge in [-0.2, -0.15) is 0 Å². The van der Waals surface area contributed by atoms with Gasteiger partial charge in [0, 0.05) is 5.92 Å². The first-order valence-corrected chi connectivity index (χ1v) is 6.99. The zero-order chi connectivity index (χ0) is 13.1. The molecule has 1 saturated carbocycles. The van der Waals surface area contributed by atoms with Gasteiger partial charge in [0.15, 0.2) is 11.5 Å². The minimum Gasteiger partial charge on any atom is -0.486 e. The fourth-order valence-electron chi connectivity index (χ4n) is 2.71. The first-order chi connectivity index (χ1) is 9.33. The number of carbonyl (C=O) groups excluding carboxylic acids is 1. The van der Waals surface area contributed by atoms with E-state index < -0.39 is 0 Å². The lowest BCUT2D eigenvalue weighted by Crippen LogP contribution is -2.42. The van der Waals surface area contributed by atoms with Gasteiger partial charge in [-0.1, -0.05) is 25.0 Å². The predicted molar refractivity (Wildman–Crippen MR) is 71.3 cm³/mol. The molecule has 1 amide bonds. The second-order valence-corrected chi connectivity index (χ2v) is 5.22. The molecule has 1 fully saturated rings. The van der Waals surface area contributed by atoms with Crippen molar-refractivity contribution in [3.63, 3.8) is 0 Å². The summed E-state index contributed by atoms with van der Waals surface area (Å²) in [5.41, 5.74) is 0. The molecule has 19 heavy (non-hydrogen) atoms. The van der Waals surface area contributed by atoms with E-state index in [1.165, 1.54) is 12.8 Å². The highest BCUT2D eigenvalue weighted by molar-refractivity contribution is 5.78. The molecule has 4 heteroatoms. The molecule has 1 heterocycles. The number of hydrogen-bond acceptors (Lipinski definition) is 3. The van der Waals surface area contributed by atoms with Crippen LogP contribution in [0.4, 0.5) is 0 Å². The third kappa shape index (κ3) is 2.83. The molecule has 1 atom stereocenters. The summed E-state index contributed by atoms with van der Waals surface area (Å²) >= 11 is 0. The van der Waals surface area contributed by atoms with E-state index in [2.05, 4.69) is 5.32 Å². The van der Waals surface area contributed by atoms with E-state index in [-0.39, 0.29) is 17.9 Å². The summed E-state index contributed by atoms with van der Waals surface area (Å²) in [5.74, 6) is 1.91. The van der Waals surface area contributed by atoms with Gasteiger partial charge in [-0.25, -0.2) is 0 Å². The maximum absolute atomic E-state index is 11.9. The van der Waals surface area contributed by atoms with Crippen molar-refractivity contribution in [3.8, 4) is 11.5 Å². The Labute approximate surface area is 113 Å². The van der Waals surface area contributed by atoms with Crippen LogP contribution in [0.1, 0.15) is 25.7 Å². The Morgan fingerprint density at radius 3 is 2.74 bits per heavy atom. The molecule has 3 rings (SSSR count). The van der Waals surface area contributed by atoms with Crippen LogP contribution in [0.2, 0.25) is 0 Å². The molecular formula is C15H19NO3. The van der Waals surface area contributed by atoms with Gasteiger partial charge in [0.1, 0.15) is 12.7 Å². The summed E-state index contributed by atoms with van der Waals surface area (Å²) in [6, 6.07) is 7.62. The van der Waals surface area contributed by atoms with Crippen molar-refractivity contribution in [1.82, 2.24) is 5.32 Å². The SMILES string of the molecule is O=C(NCC1COc2ccccc2O1)C1CCCC1. The highest BCUT2D eigenvalue weighted by Crippen LogP contribution is 2.30. The molecule has 0 bridgehead atoms. The Kier molecular flexibility index (Phi) is 3.58. The summed E-state index contributed by atoms with van der Waals surface area (Å²) in [7, 11) is 0. The minimum atomic E-state index is -0.0970. The van der Waals surface area contributed by atoms with Gasteiger partial charge in [0.25, 0.3) is 0 Å². The molecule has 1 aliphatic carbocycles. The second-order valence-electron chi connectivity index (χ2n) is 5.22. The third-order valence-electron chi connectivity index (χ3n) is 3.80. The van der Waals surface area contributed by atoms with Crippen LogP contribution >= 0.6 is 0 Å². The molecule has 0 radical (unpaired) electrons. The Bertz CT molecular complexity index is 454. The van der Waals surface area contributed by atoms with Crippen LogP contribution in [0.15, 0.2) is 24.3 Å². The molecule has 1 unspecified atom stereocenters. The number of rotatable bonds is 3. The second kappa shape index (κ2) is 5.51. The number of fused-ring (bicyclic) bond motifs is 1. The lowest BCUT2D eigenvalue weighted by atomic mass is 10.1. The lowest BCUT2D eigenvalue weighted by molar-refractivity contribution is -0.125. The monoisotopic (exact) mass is 261 g/mol. The van der Waals surface area contributed by atoms with Crippen LogP contribution in [0.3, 0.4) is 0 Å². The van der Waals surface area contributed by atoms with Gasteiger partial charge in [-0.15, -0.1) is 0 Å². The number of hydrogen-bond donors (Lipinski definition) is 1. The molecule has 0 spiro atoms. The van der Waals surface area contributed by atoms with Crippen LogP contribution < -0.4 is 14.8 Å². The molecular weight excluding hydrogens is 242 g/mol. The molecule has 102 valence electrons. The molecule has 1 N–H and O–H groups in total. The average molecular weight is 261 g/mol. The van der Waals surface area contributed by atoms with Crippen molar-refractivity contribution in [2.24, 2.45) is 5.92 Å². The topological polar surface area (TPSA) is 47.6 Å². The van der Waals surface area contributed by atoms with Crippen molar-refractivity contribution >= 4 is 5.91 Å². The van der Waals surface area contributed by atoms with Gasteiger partial charge < -0.3 is 14.8 Å². The van der Waals surface area contributed by atoms with Crippen LogP contribution in [0.25, 0.3) is 0 Å². The summed E-state index contributed by atoms with van der Waals surface area (Å²) in [5, 5.41) is 2.98. The molecule has 2 aliphatic rings. The van der Waals surface area contributed by atoms with Crippen LogP contribution in [0.5, 0.6) is 11.5 Å². The van der Waals surface area contributed by atoms with Crippen molar-refractivity contribution in [2.45, 2.75) is 31.8 Å². The number of carbonyl (C=O) groups is 1. The Morgan fingerprint density at radius 2 is 1.95 bits per heavy atom. The van der Waals surface area contributed by atoms with E-state index in [9.17, 15) is 4.79 Å². The third-order valence-corrected chi connectivity index (χ3v) is 3.80. The number of nitrogens with one attached hydrogen (secondary N) is 1. The predicted octanol–water partition coefficient (Wildman–Crippen LogP) is 2.13. The number of para-hydroxylation sites is 2. The van der Waals surface area contributed by atoms with Crippen LogP contribution in [-0.4, -0.2) is 25.2 Å². The fraction of sp³-hybridized carbons (Fsp3) is 0.533. The van der Waals surface area contributed by atoms with Crippen molar-refractivity contribution in [3.05, 3.63) is 24.3 Å². The quantitative estimate of drug-likeness (QED) is 0.906. The summed E-state index contributed by atoms with van der Waals surface area (Å²) in [6.45, 7) is 1.01. The van der Waals surface area contributed by atoms with E-state index in [0.717, 1.165) is 24.3 Å². The summed E-state index contributed by atoms with van der Waals surface area (Å²) in [4.78, 5) is 11.9.